The van der Waals surface area contributed by atoms with Gasteiger partial charge in [0.2, 0.25) is 0 Å². The van der Waals surface area contributed by atoms with Crippen LogP contribution in [0, 0.1) is 5.92 Å². The molecule has 1 fully saturated rings. The van der Waals surface area contributed by atoms with Gasteiger partial charge in [0.05, 0.1) is 0 Å². The Bertz CT molecular complexity index is 206. The summed E-state index contributed by atoms with van der Waals surface area (Å²) in [7, 11) is 0. The quantitative estimate of drug-likeness (QED) is 0.784. The molecule has 0 amide bonds. The number of carboxylic acid groups (broad SMARTS) is 1. The Morgan fingerprint density at radius 3 is 2.60 bits per heavy atom. The van der Waals surface area contributed by atoms with Gasteiger partial charge in [-0.3, -0.25) is 4.79 Å². The van der Waals surface area contributed by atoms with Crippen LogP contribution in [0.4, 0.5) is 0 Å². The molecule has 0 aromatic rings. The van der Waals surface area contributed by atoms with Crippen molar-refractivity contribution in [1.29, 1.82) is 0 Å². The fourth-order valence-corrected chi connectivity index (χ4v) is 3.94. The Labute approximate surface area is 96.8 Å². The highest BCUT2D eigenvalue weighted by Gasteiger charge is 2.28. The van der Waals surface area contributed by atoms with Gasteiger partial charge in [-0.25, -0.2) is 0 Å². The van der Waals surface area contributed by atoms with Gasteiger partial charge in [-0.2, -0.15) is 0 Å². The Morgan fingerprint density at radius 1 is 1.40 bits per heavy atom. The molecule has 1 N–H and O–H groups in total. The minimum Gasteiger partial charge on any atom is -0.480 e. The van der Waals surface area contributed by atoms with Gasteiger partial charge in [0.25, 0.3) is 0 Å². The first-order chi connectivity index (χ1) is 7.19. The van der Waals surface area contributed by atoms with Crippen molar-refractivity contribution in [2.45, 2.75) is 62.9 Å². The van der Waals surface area contributed by atoms with Crippen LogP contribution in [-0.4, -0.2) is 21.6 Å². The largest absolute Gasteiger partial charge is 0.480 e. The second kappa shape index (κ2) is 6.41. The van der Waals surface area contributed by atoms with Crippen LogP contribution in [0.1, 0.15) is 52.4 Å². The van der Waals surface area contributed by atoms with Crippen LogP contribution in [0.5, 0.6) is 0 Å². The number of hydrogen-bond acceptors (Lipinski definition) is 2. The highest BCUT2D eigenvalue weighted by molar-refractivity contribution is 8.01. The lowest BCUT2D eigenvalue weighted by Gasteiger charge is -2.31. The summed E-state index contributed by atoms with van der Waals surface area (Å²) in [5.41, 5.74) is 0. The number of carboxylic acids is 1. The average Bonchev–Trinajstić information content (AvgIpc) is 2.25. The minimum absolute atomic E-state index is 0.192. The molecule has 0 aromatic heterocycles. The Balaban J connectivity index is 2.49. The molecule has 1 aliphatic rings. The van der Waals surface area contributed by atoms with Gasteiger partial charge < -0.3 is 5.11 Å². The van der Waals surface area contributed by atoms with E-state index in [1.807, 2.05) is 6.92 Å². The van der Waals surface area contributed by atoms with Gasteiger partial charge in [0.1, 0.15) is 5.25 Å². The van der Waals surface area contributed by atoms with E-state index in [-0.39, 0.29) is 5.25 Å². The number of carbonyl (C=O) groups is 1. The summed E-state index contributed by atoms with van der Waals surface area (Å²) in [4.78, 5) is 11.0. The van der Waals surface area contributed by atoms with Gasteiger partial charge in [0.15, 0.2) is 0 Å². The van der Waals surface area contributed by atoms with Crippen molar-refractivity contribution in [3.63, 3.8) is 0 Å². The second-order valence-electron chi connectivity index (χ2n) is 4.36. The SMILES string of the molecule is CCC(SC1CCCCC1CC)C(=O)O. The smallest absolute Gasteiger partial charge is 0.316 e. The Kier molecular flexibility index (Phi) is 5.51. The molecular weight excluding hydrogens is 208 g/mol. The summed E-state index contributed by atoms with van der Waals surface area (Å²) >= 11 is 1.71. The highest BCUT2D eigenvalue weighted by atomic mass is 32.2. The summed E-state index contributed by atoms with van der Waals surface area (Å²) in [5, 5.41) is 9.44. The van der Waals surface area contributed by atoms with E-state index in [1.165, 1.54) is 32.1 Å². The second-order valence-corrected chi connectivity index (χ2v) is 5.81. The summed E-state index contributed by atoms with van der Waals surface area (Å²) in [5.74, 6) is 0.111. The lowest BCUT2D eigenvalue weighted by atomic mass is 9.87. The number of rotatable bonds is 5. The molecule has 1 saturated carbocycles. The van der Waals surface area contributed by atoms with Crippen molar-refractivity contribution in [3.8, 4) is 0 Å². The molecule has 0 bridgehead atoms. The lowest BCUT2D eigenvalue weighted by Crippen LogP contribution is -2.27. The van der Waals surface area contributed by atoms with Crippen LogP contribution in [0.15, 0.2) is 0 Å². The van der Waals surface area contributed by atoms with E-state index in [1.54, 1.807) is 11.8 Å². The molecule has 0 saturated heterocycles. The summed E-state index contributed by atoms with van der Waals surface area (Å²) < 4.78 is 0. The maximum Gasteiger partial charge on any atom is 0.316 e. The van der Waals surface area contributed by atoms with E-state index in [4.69, 9.17) is 5.11 Å². The summed E-state index contributed by atoms with van der Waals surface area (Å²) in [6.45, 7) is 4.20. The Morgan fingerprint density at radius 2 is 2.07 bits per heavy atom. The first-order valence-corrected chi connectivity index (χ1v) is 7.01. The van der Waals surface area contributed by atoms with E-state index in [0.29, 0.717) is 5.25 Å². The van der Waals surface area contributed by atoms with Crippen molar-refractivity contribution in [2.75, 3.05) is 0 Å². The van der Waals surface area contributed by atoms with Gasteiger partial charge >= 0.3 is 5.97 Å². The monoisotopic (exact) mass is 230 g/mol. The standard InChI is InChI=1S/C12H22O2S/c1-3-9-7-5-6-8-11(9)15-10(4-2)12(13)14/h9-11H,3-8H2,1-2H3,(H,13,14). The predicted octanol–water partition coefficient (Wildman–Crippen LogP) is 3.55. The van der Waals surface area contributed by atoms with E-state index >= 15 is 0 Å². The number of aliphatic carboxylic acids is 1. The molecule has 15 heavy (non-hydrogen) atoms. The zero-order valence-corrected chi connectivity index (χ0v) is 10.6. The molecular formula is C12H22O2S. The van der Waals surface area contributed by atoms with Crippen LogP contribution in [-0.2, 0) is 4.79 Å². The minimum atomic E-state index is -0.636. The first kappa shape index (κ1) is 12.9. The van der Waals surface area contributed by atoms with Crippen molar-refractivity contribution in [1.82, 2.24) is 0 Å². The van der Waals surface area contributed by atoms with Gasteiger partial charge in [-0.15, -0.1) is 11.8 Å². The van der Waals surface area contributed by atoms with E-state index in [0.717, 1.165) is 12.3 Å². The zero-order valence-electron chi connectivity index (χ0n) is 9.74. The molecule has 88 valence electrons. The van der Waals surface area contributed by atoms with E-state index < -0.39 is 5.97 Å². The van der Waals surface area contributed by atoms with Crippen molar-refractivity contribution >= 4 is 17.7 Å². The van der Waals surface area contributed by atoms with Crippen molar-refractivity contribution in [3.05, 3.63) is 0 Å². The normalized spacial score (nSPS) is 28.7. The number of thioether (sulfide) groups is 1. The third kappa shape index (κ3) is 3.71. The van der Waals surface area contributed by atoms with Crippen LogP contribution in [0.2, 0.25) is 0 Å². The third-order valence-corrected chi connectivity index (χ3v) is 5.18. The van der Waals surface area contributed by atoms with Gasteiger partial charge in [-0.05, 0) is 25.2 Å². The number of hydrogen-bond donors (Lipinski definition) is 1. The van der Waals surface area contributed by atoms with Gasteiger partial charge in [0, 0.05) is 5.25 Å². The molecule has 1 rings (SSSR count). The molecule has 3 heteroatoms. The van der Waals surface area contributed by atoms with Crippen molar-refractivity contribution in [2.24, 2.45) is 5.92 Å². The third-order valence-electron chi connectivity index (χ3n) is 3.35. The van der Waals surface area contributed by atoms with E-state index in [9.17, 15) is 4.79 Å². The van der Waals surface area contributed by atoms with Crippen LogP contribution < -0.4 is 0 Å². The molecule has 0 heterocycles. The van der Waals surface area contributed by atoms with Gasteiger partial charge in [-0.1, -0.05) is 33.1 Å². The maximum atomic E-state index is 11.0. The topological polar surface area (TPSA) is 37.3 Å². The first-order valence-electron chi connectivity index (χ1n) is 6.07. The molecule has 2 nitrogen and oxygen atoms in total. The predicted molar refractivity (Wildman–Crippen MR) is 65.3 cm³/mol. The molecule has 0 aromatic carbocycles. The molecule has 1 aliphatic carbocycles. The zero-order chi connectivity index (χ0) is 11.3. The van der Waals surface area contributed by atoms with Crippen LogP contribution in [0.3, 0.4) is 0 Å². The van der Waals surface area contributed by atoms with Crippen molar-refractivity contribution < 1.29 is 9.90 Å². The molecule has 0 spiro atoms. The fourth-order valence-electron chi connectivity index (χ4n) is 2.36. The maximum absolute atomic E-state index is 11.0. The molecule has 3 unspecified atom stereocenters. The summed E-state index contributed by atoms with van der Waals surface area (Å²) in [6.07, 6.45) is 7.07. The molecule has 0 aliphatic heterocycles. The molecule has 3 atom stereocenters. The molecule has 0 radical (unpaired) electrons. The fraction of sp³-hybridized carbons (Fsp3) is 0.917. The van der Waals surface area contributed by atoms with E-state index in [2.05, 4.69) is 6.92 Å². The summed E-state index contributed by atoms with van der Waals surface area (Å²) in [6, 6.07) is 0. The highest BCUT2D eigenvalue weighted by Crippen LogP contribution is 2.37. The average molecular weight is 230 g/mol. The van der Waals surface area contributed by atoms with Crippen LogP contribution in [0.25, 0.3) is 0 Å². The Hall–Kier alpha value is -0.180. The lowest BCUT2D eigenvalue weighted by molar-refractivity contribution is -0.136. The van der Waals surface area contributed by atoms with Crippen LogP contribution >= 0.6 is 11.8 Å².